The summed E-state index contributed by atoms with van der Waals surface area (Å²) in [5.41, 5.74) is 4.35. The average molecular weight is 358 g/mol. The third-order valence-electron chi connectivity index (χ3n) is 4.57. The molecule has 0 aliphatic carbocycles. The largest absolute Gasteiger partial charge is 0.322 e. The Kier molecular flexibility index (Phi) is 5.61. The number of benzene rings is 2. The summed E-state index contributed by atoms with van der Waals surface area (Å²) in [5.74, 6) is 0. The van der Waals surface area contributed by atoms with Crippen LogP contribution in [0.4, 0.5) is 10.5 Å². The van der Waals surface area contributed by atoms with E-state index in [9.17, 15) is 4.79 Å². The Morgan fingerprint density at radius 3 is 2.52 bits per heavy atom. The molecule has 3 rings (SSSR count). The van der Waals surface area contributed by atoms with E-state index in [1.165, 1.54) is 11.1 Å². The highest BCUT2D eigenvalue weighted by molar-refractivity contribution is 6.31. The molecular weight excluding hydrogens is 334 g/mol. The van der Waals surface area contributed by atoms with E-state index in [0.29, 0.717) is 5.02 Å². The molecule has 1 N–H and O–H groups in total. The predicted molar refractivity (Wildman–Crippen MR) is 103 cm³/mol. The number of nitrogens with zero attached hydrogens (tertiary/aromatic N) is 2. The van der Waals surface area contributed by atoms with E-state index in [0.717, 1.165) is 44.0 Å². The Balaban J connectivity index is 1.51. The molecule has 0 aromatic heterocycles. The van der Waals surface area contributed by atoms with Crippen molar-refractivity contribution < 1.29 is 4.79 Å². The minimum absolute atomic E-state index is 0.0601. The van der Waals surface area contributed by atoms with Crippen molar-refractivity contribution in [2.45, 2.75) is 20.4 Å². The summed E-state index contributed by atoms with van der Waals surface area (Å²) in [4.78, 5) is 16.7. The van der Waals surface area contributed by atoms with Gasteiger partial charge in [0, 0.05) is 43.4 Å². The fraction of sp³-hybridized carbons (Fsp3) is 0.350. The molecule has 1 aliphatic heterocycles. The number of amides is 2. The molecule has 1 saturated heterocycles. The van der Waals surface area contributed by atoms with E-state index in [2.05, 4.69) is 41.4 Å². The smallest absolute Gasteiger partial charge is 0.321 e. The van der Waals surface area contributed by atoms with Gasteiger partial charge >= 0.3 is 6.03 Å². The number of halogens is 1. The highest BCUT2D eigenvalue weighted by Crippen LogP contribution is 2.20. The van der Waals surface area contributed by atoms with Crippen LogP contribution in [0.1, 0.15) is 16.7 Å². The van der Waals surface area contributed by atoms with Gasteiger partial charge in [0.05, 0.1) is 0 Å². The Morgan fingerprint density at radius 1 is 1.08 bits per heavy atom. The zero-order chi connectivity index (χ0) is 17.8. The van der Waals surface area contributed by atoms with Crippen LogP contribution in [-0.4, -0.2) is 42.0 Å². The second-order valence-electron chi connectivity index (χ2n) is 6.65. The van der Waals surface area contributed by atoms with Gasteiger partial charge < -0.3 is 10.2 Å². The van der Waals surface area contributed by atoms with Gasteiger partial charge in [-0.15, -0.1) is 0 Å². The van der Waals surface area contributed by atoms with Crippen LogP contribution in [0.2, 0.25) is 5.02 Å². The molecule has 4 nitrogen and oxygen atoms in total. The number of piperazine rings is 1. The molecule has 5 heteroatoms. The average Bonchev–Trinajstić information content (AvgIpc) is 2.59. The van der Waals surface area contributed by atoms with Gasteiger partial charge in [0.25, 0.3) is 0 Å². The lowest BCUT2D eigenvalue weighted by Crippen LogP contribution is -2.49. The number of urea groups is 1. The summed E-state index contributed by atoms with van der Waals surface area (Å²) in [6.07, 6.45) is 0. The van der Waals surface area contributed by atoms with Crippen molar-refractivity contribution in [3.8, 4) is 0 Å². The molecule has 0 atom stereocenters. The number of anilines is 1. The lowest BCUT2D eigenvalue weighted by atomic mass is 10.1. The summed E-state index contributed by atoms with van der Waals surface area (Å²) in [7, 11) is 0. The number of hydrogen-bond acceptors (Lipinski definition) is 2. The fourth-order valence-electron chi connectivity index (χ4n) is 3.05. The van der Waals surface area contributed by atoms with E-state index in [-0.39, 0.29) is 6.03 Å². The van der Waals surface area contributed by atoms with Gasteiger partial charge in [-0.05, 0) is 37.1 Å². The van der Waals surface area contributed by atoms with Gasteiger partial charge in [-0.25, -0.2) is 4.79 Å². The lowest BCUT2D eigenvalue weighted by molar-refractivity contribution is 0.143. The van der Waals surface area contributed by atoms with Gasteiger partial charge in [0.1, 0.15) is 0 Å². The van der Waals surface area contributed by atoms with Crippen LogP contribution in [0.15, 0.2) is 42.5 Å². The number of nitrogens with one attached hydrogen (secondary N) is 1. The number of aryl methyl sites for hydroxylation is 2. The highest BCUT2D eigenvalue weighted by Gasteiger charge is 2.21. The topological polar surface area (TPSA) is 35.6 Å². The van der Waals surface area contributed by atoms with Crippen molar-refractivity contribution in [1.82, 2.24) is 9.80 Å². The van der Waals surface area contributed by atoms with Crippen LogP contribution >= 0.6 is 11.6 Å². The van der Waals surface area contributed by atoms with E-state index in [1.807, 2.05) is 24.0 Å². The van der Waals surface area contributed by atoms with E-state index >= 15 is 0 Å². The molecule has 1 heterocycles. The molecule has 0 saturated carbocycles. The first-order valence-electron chi connectivity index (χ1n) is 8.61. The summed E-state index contributed by atoms with van der Waals surface area (Å²) in [5, 5.41) is 3.60. The third kappa shape index (κ3) is 4.74. The molecule has 0 radical (unpaired) electrons. The van der Waals surface area contributed by atoms with Gasteiger partial charge in [0.2, 0.25) is 0 Å². The van der Waals surface area contributed by atoms with Gasteiger partial charge in [-0.3, -0.25) is 4.90 Å². The maximum atomic E-state index is 12.4. The summed E-state index contributed by atoms with van der Waals surface area (Å²) in [6, 6.07) is 14.1. The molecule has 2 amide bonds. The second kappa shape index (κ2) is 7.89. The maximum Gasteiger partial charge on any atom is 0.321 e. The Bertz CT molecular complexity index is 754. The number of carbonyl (C=O) groups excluding carboxylic acids is 1. The molecule has 0 bridgehead atoms. The first-order chi connectivity index (χ1) is 12.0. The van der Waals surface area contributed by atoms with E-state index in [4.69, 9.17) is 11.6 Å². The van der Waals surface area contributed by atoms with Crippen LogP contribution in [-0.2, 0) is 6.54 Å². The second-order valence-corrected chi connectivity index (χ2v) is 7.05. The van der Waals surface area contributed by atoms with E-state index < -0.39 is 0 Å². The number of hydrogen-bond donors (Lipinski definition) is 1. The van der Waals surface area contributed by atoms with Crippen molar-refractivity contribution in [2.24, 2.45) is 0 Å². The van der Waals surface area contributed by atoms with Crippen LogP contribution in [0.25, 0.3) is 0 Å². The molecule has 132 valence electrons. The van der Waals surface area contributed by atoms with Gasteiger partial charge in [0.15, 0.2) is 0 Å². The van der Waals surface area contributed by atoms with Crippen LogP contribution in [0.3, 0.4) is 0 Å². The van der Waals surface area contributed by atoms with Crippen molar-refractivity contribution >= 4 is 23.3 Å². The summed E-state index contributed by atoms with van der Waals surface area (Å²) < 4.78 is 0. The van der Waals surface area contributed by atoms with E-state index in [1.54, 1.807) is 6.07 Å². The minimum atomic E-state index is -0.0601. The van der Waals surface area contributed by atoms with Crippen molar-refractivity contribution in [2.75, 3.05) is 31.5 Å². The predicted octanol–water partition coefficient (Wildman–Crippen LogP) is 4.31. The quantitative estimate of drug-likeness (QED) is 0.888. The molecule has 1 fully saturated rings. The molecule has 2 aromatic carbocycles. The van der Waals surface area contributed by atoms with Crippen LogP contribution in [0, 0.1) is 13.8 Å². The molecule has 1 aliphatic rings. The Labute approximate surface area is 154 Å². The number of rotatable bonds is 3. The highest BCUT2D eigenvalue weighted by atomic mass is 35.5. The molecule has 0 spiro atoms. The summed E-state index contributed by atoms with van der Waals surface area (Å²) >= 11 is 6.12. The third-order valence-corrected chi connectivity index (χ3v) is 4.98. The minimum Gasteiger partial charge on any atom is -0.322 e. The first-order valence-corrected chi connectivity index (χ1v) is 8.99. The molecule has 2 aromatic rings. The van der Waals surface area contributed by atoms with Crippen LogP contribution < -0.4 is 5.32 Å². The van der Waals surface area contributed by atoms with Gasteiger partial charge in [-0.1, -0.05) is 47.5 Å². The zero-order valence-corrected chi connectivity index (χ0v) is 15.5. The molecule has 25 heavy (non-hydrogen) atoms. The Morgan fingerprint density at radius 2 is 1.84 bits per heavy atom. The zero-order valence-electron chi connectivity index (χ0n) is 14.8. The van der Waals surface area contributed by atoms with Crippen molar-refractivity contribution in [1.29, 1.82) is 0 Å². The van der Waals surface area contributed by atoms with Gasteiger partial charge in [-0.2, -0.15) is 0 Å². The Hall–Kier alpha value is -2.04. The summed E-state index contributed by atoms with van der Waals surface area (Å²) in [6.45, 7) is 8.23. The van der Waals surface area contributed by atoms with Crippen molar-refractivity contribution in [3.05, 3.63) is 64.2 Å². The lowest BCUT2D eigenvalue weighted by Gasteiger charge is -2.34. The van der Waals surface area contributed by atoms with Crippen molar-refractivity contribution in [3.63, 3.8) is 0 Å². The normalized spacial score (nSPS) is 15.2. The maximum absolute atomic E-state index is 12.4. The monoisotopic (exact) mass is 357 g/mol. The fourth-order valence-corrected chi connectivity index (χ4v) is 3.23. The first kappa shape index (κ1) is 17.8. The molecular formula is C20H24ClN3O. The standard InChI is InChI=1S/C20H24ClN3O/c1-15-4-3-5-17(12-15)14-23-8-10-24(11-9-23)20(25)22-18-7-6-16(2)19(21)13-18/h3-7,12-13H,8-11,14H2,1-2H3,(H,22,25). The molecule has 0 unspecified atom stereocenters. The SMILES string of the molecule is Cc1cccc(CN2CCN(C(=O)Nc3ccc(C)c(Cl)c3)CC2)c1. The van der Waals surface area contributed by atoms with Crippen LogP contribution in [0.5, 0.6) is 0 Å². The number of carbonyl (C=O) groups is 1.